The molecule has 130 valence electrons. The topological polar surface area (TPSA) is 65.1 Å². The van der Waals surface area contributed by atoms with Gasteiger partial charge in [-0.05, 0) is 18.9 Å². The van der Waals surface area contributed by atoms with Crippen molar-refractivity contribution in [3.63, 3.8) is 0 Å². The van der Waals surface area contributed by atoms with Crippen LogP contribution >= 0.6 is 0 Å². The van der Waals surface area contributed by atoms with E-state index in [0.29, 0.717) is 5.57 Å². The number of allylic oxidation sites excluding steroid dienone is 2. The Hall–Kier alpha value is -2.89. The molecule has 2 aromatic heterocycles. The Morgan fingerprint density at radius 1 is 1.36 bits per heavy atom. The molecular weight excluding hydrogens is 314 g/mol. The smallest absolute Gasteiger partial charge is 0.253 e. The molecule has 0 radical (unpaired) electrons. The number of hydrogen-bond donors (Lipinski definition) is 1. The van der Waals surface area contributed by atoms with E-state index in [9.17, 15) is 4.79 Å². The Morgan fingerprint density at radius 3 is 2.80 bits per heavy atom. The first-order valence-electron chi connectivity index (χ1n) is 8.41. The van der Waals surface area contributed by atoms with Gasteiger partial charge in [0.25, 0.3) is 5.91 Å². The van der Waals surface area contributed by atoms with E-state index in [4.69, 9.17) is 0 Å². The molecule has 1 saturated heterocycles. The van der Waals surface area contributed by atoms with Crippen molar-refractivity contribution in [2.45, 2.75) is 18.9 Å². The van der Waals surface area contributed by atoms with Crippen molar-refractivity contribution in [1.29, 1.82) is 0 Å². The van der Waals surface area contributed by atoms with Crippen LogP contribution in [0.4, 0.5) is 5.82 Å². The maximum atomic E-state index is 12.6. The number of fused-ring (bicyclic) bond motifs is 1. The fraction of sp³-hybridized carbons (Fsp3) is 0.316. The molecule has 1 aliphatic heterocycles. The summed E-state index contributed by atoms with van der Waals surface area (Å²) < 4.78 is 0. The molecule has 3 rings (SSSR count). The van der Waals surface area contributed by atoms with Gasteiger partial charge < -0.3 is 14.8 Å². The molecule has 3 heterocycles. The second kappa shape index (κ2) is 7.34. The minimum Gasteiger partial charge on any atom is -0.356 e. The average Bonchev–Trinajstić information content (AvgIpc) is 3.14. The van der Waals surface area contributed by atoms with Crippen LogP contribution in [0, 0.1) is 0 Å². The fourth-order valence-corrected chi connectivity index (χ4v) is 3.30. The standard InChI is InChI=1S/C19H23N5O/c1-4-6-14(5-2)19(25)23(3)15-8-11-24(12-9-15)18-16-7-10-20-17(16)21-13-22-18/h4-7,10,13,15H,1-2,8-9,11-12H2,3H3,(H,20,21,22)/b14-6+. The molecule has 0 bridgehead atoms. The highest BCUT2D eigenvalue weighted by Gasteiger charge is 2.27. The number of anilines is 1. The minimum atomic E-state index is -0.0107. The van der Waals surface area contributed by atoms with Gasteiger partial charge in [-0.15, -0.1) is 0 Å². The lowest BCUT2D eigenvalue weighted by Crippen LogP contribution is -2.46. The zero-order valence-corrected chi connectivity index (χ0v) is 14.5. The second-order valence-electron chi connectivity index (χ2n) is 6.13. The van der Waals surface area contributed by atoms with E-state index in [0.717, 1.165) is 42.8 Å². The number of likely N-dealkylation sites (N-methyl/N-ethyl adjacent to an activating group) is 1. The molecule has 0 saturated carbocycles. The zero-order chi connectivity index (χ0) is 17.8. The van der Waals surface area contributed by atoms with Crippen molar-refractivity contribution in [3.8, 4) is 0 Å². The van der Waals surface area contributed by atoms with E-state index in [-0.39, 0.29) is 11.9 Å². The van der Waals surface area contributed by atoms with Gasteiger partial charge in [0.05, 0.1) is 5.39 Å². The Labute approximate surface area is 147 Å². The SMILES string of the molecule is C=C/C=C(\C=C)C(=O)N(C)C1CCN(c2ncnc3[nH]ccc23)CC1. The first-order chi connectivity index (χ1) is 12.2. The number of piperidine rings is 1. The molecule has 25 heavy (non-hydrogen) atoms. The molecule has 0 atom stereocenters. The molecule has 2 aromatic rings. The van der Waals surface area contributed by atoms with Crippen molar-refractivity contribution in [3.05, 3.63) is 55.5 Å². The van der Waals surface area contributed by atoms with Crippen LogP contribution in [-0.2, 0) is 4.79 Å². The Kier molecular flexibility index (Phi) is 4.97. The van der Waals surface area contributed by atoms with Gasteiger partial charge in [-0.2, -0.15) is 0 Å². The first kappa shape index (κ1) is 17.0. The van der Waals surface area contributed by atoms with Crippen LogP contribution in [0.15, 0.2) is 55.5 Å². The van der Waals surface area contributed by atoms with Gasteiger partial charge in [0.2, 0.25) is 0 Å². The van der Waals surface area contributed by atoms with Crippen LogP contribution in [0.5, 0.6) is 0 Å². The number of aromatic nitrogens is 3. The lowest BCUT2D eigenvalue weighted by Gasteiger charge is -2.37. The van der Waals surface area contributed by atoms with E-state index in [1.165, 1.54) is 0 Å². The third kappa shape index (κ3) is 3.33. The van der Waals surface area contributed by atoms with Crippen LogP contribution in [0.3, 0.4) is 0 Å². The number of nitrogens with one attached hydrogen (secondary N) is 1. The molecule has 1 N–H and O–H groups in total. The van der Waals surface area contributed by atoms with Crippen molar-refractivity contribution < 1.29 is 4.79 Å². The van der Waals surface area contributed by atoms with Crippen molar-refractivity contribution in [1.82, 2.24) is 19.9 Å². The quantitative estimate of drug-likeness (QED) is 0.673. The van der Waals surface area contributed by atoms with Gasteiger partial charge in [-0.25, -0.2) is 9.97 Å². The van der Waals surface area contributed by atoms with E-state index in [2.05, 4.69) is 33.0 Å². The maximum absolute atomic E-state index is 12.6. The Morgan fingerprint density at radius 2 is 2.12 bits per heavy atom. The second-order valence-corrected chi connectivity index (χ2v) is 6.13. The molecule has 0 unspecified atom stereocenters. The van der Waals surface area contributed by atoms with Gasteiger partial charge in [-0.3, -0.25) is 4.79 Å². The van der Waals surface area contributed by atoms with E-state index >= 15 is 0 Å². The fourth-order valence-electron chi connectivity index (χ4n) is 3.30. The zero-order valence-electron chi connectivity index (χ0n) is 14.5. The number of rotatable bonds is 5. The maximum Gasteiger partial charge on any atom is 0.253 e. The normalized spacial score (nSPS) is 16.0. The molecular formula is C19H23N5O. The summed E-state index contributed by atoms with van der Waals surface area (Å²) >= 11 is 0. The molecule has 6 nitrogen and oxygen atoms in total. The molecule has 1 fully saturated rings. The number of carbonyl (C=O) groups is 1. The predicted octanol–water partition coefficient (Wildman–Crippen LogP) is 2.68. The summed E-state index contributed by atoms with van der Waals surface area (Å²) in [6, 6.07) is 2.21. The van der Waals surface area contributed by atoms with Crippen molar-refractivity contribution in [2.24, 2.45) is 0 Å². The highest BCUT2D eigenvalue weighted by Crippen LogP contribution is 2.26. The van der Waals surface area contributed by atoms with E-state index < -0.39 is 0 Å². The number of hydrogen-bond acceptors (Lipinski definition) is 4. The first-order valence-corrected chi connectivity index (χ1v) is 8.41. The molecule has 0 aromatic carbocycles. The number of H-pyrrole nitrogens is 1. The van der Waals surface area contributed by atoms with Gasteiger partial charge in [0.15, 0.2) is 0 Å². The van der Waals surface area contributed by atoms with Crippen LogP contribution in [0.2, 0.25) is 0 Å². The van der Waals surface area contributed by atoms with Gasteiger partial charge in [0, 0.05) is 37.9 Å². The van der Waals surface area contributed by atoms with Gasteiger partial charge >= 0.3 is 0 Å². The third-order valence-corrected chi connectivity index (χ3v) is 4.73. The van der Waals surface area contributed by atoms with E-state index in [1.807, 2.05) is 24.2 Å². The minimum absolute atomic E-state index is 0.0107. The van der Waals surface area contributed by atoms with Crippen LogP contribution in [0.25, 0.3) is 11.0 Å². The van der Waals surface area contributed by atoms with Crippen molar-refractivity contribution >= 4 is 22.8 Å². The molecule has 1 aliphatic rings. The molecule has 1 amide bonds. The molecule has 0 aliphatic carbocycles. The lowest BCUT2D eigenvalue weighted by molar-refractivity contribution is -0.127. The Balaban J connectivity index is 1.68. The van der Waals surface area contributed by atoms with Crippen LogP contribution in [-0.4, -0.2) is 51.9 Å². The largest absolute Gasteiger partial charge is 0.356 e. The summed E-state index contributed by atoms with van der Waals surface area (Å²) in [5, 5.41) is 1.04. The third-order valence-electron chi connectivity index (χ3n) is 4.73. The van der Waals surface area contributed by atoms with Gasteiger partial charge in [0.1, 0.15) is 17.8 Å². The number of nitrogens with zero attached hydrogens (tertiary/aromatic N) is 4. The Bertz CT molecular complexity index is 814. The molecule has 6 heteroatoms. The highest BCUT2D eigenvalue weighted by molar-refractivity contribution is 5.96. The lowest BCUT2D eigenvalue weighted by atomic mass is 10.0. The number of amides is 1. The summed E-state index contributed by atoms with van der Waals surface area (Å²) in [4.78, 5) is 28.5. The predicted molar refractivity (Wildman–Crippen MR) is 100 cm³/mol. The summed E-state index contributed by atoms with van der Waals surface area (Å²) in [5.41, 5.74) is 1.43. The molecule has 0 spiro atoms. The van der Waals surface area contributed by atoms with Crippen LogP contribution < -0.4 is 4.90 Å². The summed E-state index contributed by atoms with van der Waals surface area (Å²) in [7, 11) is 1.86. The van der Waals surface area contributed by atoms with E-state index in [1.54, 1.807) is 24.6 Å². The highest BCUT2D eigenvalue weighted by atomic mass is 16.2. The summed E-state index contributed by atoms with van der Waals surface area (Å²) in [6.45, 7) is 9.08. The van der Waals surface area contributed by atoms with Crippen molar-refractivity contribution in [2.75, 3.05) is 25.0 Å². The van der Waals surface area contributed by atoms with Crippen LogP contribution in [0.1, 0.15) is 12.8 Å². The average molecular weight is 337 g/mol. The summed E-state index contributed by atoms with van der Waals surface area (Å²) in [5.74, 6) is 0.945. The van der Waals surface area contributed by atoms with Gasteiger partial charge in [-0.1, -0.05) is 31.4 Å². The monoisotopic (exact) mass is 337 g/mol. The number of carbonyl (C=O) groups excluding carboxylic acids is 1. The number of aromatic amines is 1. The summed E-state index contributed by atoms with van der Waals surface area (Å²) in [6.07, 6.45) is 10.2.